The van der Waals surface area contributed by atoms with Gasteiger partial charge in [0.25, 0.3) is 5.91 Å². The van der Waals surface area contributed by atoms with Crippen LogP contribution in [0.3, 0.4) is 0 Å². The van der Waals surface area contributed by atoms with E-state index in [2.05, 4.69) is 10.2 Å². The van der Waals surface area contributed by atoms with Gasteiger partial charge in [-0.3, -0.25) is 4.79 Å². The molecule has 1 amide bonds. The van der Waals surface area contributed by atoms with Gasteiger partial charge >= 0.3 is 0 Å². The number of hydrogen-bond donors (Lipinski definition) is 0. The highest BCUT2D eigenvalue weighted by molar-refractivity contribution is 6.02. The molecule has 100 valence electrons. The topological polar surface area (TPSA) is 51.0 Å². The van der Waals surface area contributed by atoms with Crippen molar-refractivity contribution < 1.29 is 13.9 Å². The van der Waals surface area contributed by atoms with Gasteiger partial charge in [0.05, 0.1) is 6.20 Å². The second-order valence-corrected chi connectivity index (χ2v) is 4.39. The van der Waals surface area contributed by atoms with Gasteiger partial charge in [-0.2, -0.15) is 5.11 Å². The molecule has 0 saturated carbocycles. The van der Waals surface area contributed by atoms with E-state index in [1.54, 1.807) is 24.3 Å². The normalized spacial score (nSPS) is 18.4. The van der Waals surface area contributed by atoms with Crippen molar-refractivity contribution in [1.82, 2.24) is 0 Å². The van der Waals surface area contributed by atoms with Gasteiger partial charge in [-0.1, -0.05) is 30.3 Å². The van der Waals surface area contributed by atoms with Crippen LogP contribution < -0.4 is 0 Å². The number of rotatable bonds is 2. The first-order valence-electron chi connectivity index (χ1n) is 6.07. The molecular weight excluding hydrogens is 259 g/mol. The third-order valence-corrected chi connectivity index (χ3v) is 3.28. The highest BCUT2D eigenvalue weighted by atomic mass is 19.1. The van der Waals surface area contributed by atoms with Gasteiger partial charge in [0.1, 0.15) is 5.82 Å². The molecule has 0 radical (unpaired) electrons. The second kappa shape index (κ2) is 4.94. The van der Waals surface area contributed by atoms with Crippen molar-refractivity contribution in [2.45, 2.75) is 6.10 Å². The predicted octanol–water partition coefficient (Wildman–Crippen LogP) is 3.33. The Morgan fingerprint density at radius 3 is 2.70 bits per heavy atom. The fraction of sp³-hybridized carbons (Fsp3) is 0.133. The van der Waals surface area contributed by atoms with Crippen LogP contribution in [0.5, 0.6) is 0 Å². The summed E-state index contributed by atoms with van der Waals surface area (Å²) in [6, 6.07) is 10.1. The van der Waals surface area contributed by atoms with Gasteiger partial charge in [0.2, 0.25) is 0 Å². The molecule has 0 N–H and O–H groups in total. The lowest BCUT2D eigenvalue weighted by atomic mass is 9.94. The molecule has 0 saturated heterocycles. The number of carbonyl (C=O) groups is 1. The zero-order valence-corrected chi connectivity index (χ0v) is 10.7. The van der Waals surface area contributed by atoms with E-state index in [0.29, 0.717) is 16.3 Å². The van der Waals surface area contributed by atoms with Crippen LogP contribution in [0.2, 0.25) is 0 Å². The number of hydrogen-bond acceptors (Lipinski definition) is 3. The SMILES string of the molecule is COC1C(=O)N=NC=C1c1cccc2c(F)cccc12. The first kappa shape index (κ1) is 12.6. The Morgan fingerprint density at radius 1 is 1.15 bits per heavy atom. The minimum Gasteiger partial charge on any atom is -0.367 e. The fourth-order valence-electron chi connectivity index (χ4n) is 2.36. The van der Waals surface area contributed by atoms with E-state index in [9.17, 15) is 9.18 Å². The Kier molecular flexibility index (Phi) is 3.12. The third-order valence-electron chi connectivity index (χ3n) is 3.28. The largest absolute Gasteiger partial charge is 0.367 e. The number of methoxy groups -OCH3 is 1. The van der Waals surface area contributed by atoms with Crippen LogP contribution in [0, 0.1) is 5.82 Å². The molecule has 3 rings (SSSR count). The van der Waals surface area contributed by atoms with Gasteiger partial charge < -0.3 is 4.74 Å². The number of azo groups is 1. The van der Waals surface area contributed by atoms with E-state index in [1.807, 2.05) is 6.07 Å². The number of ether oxygens (including phenoxy) is 1. The molecule has 1 heterocycles. The Labute approximate surface area is 114 Å². The lowest BCUT2D eigenvalue weighted by molar-refractivity contribution is -0.125. The summed E-state index contributed by atoms with van der Waals surface area (Å²) in [5, 5.41) is 8.36. The summed E-state index contributed by atoms with van der Waals surface area (Å²) in [6.07, 6.45) is 0.677. The molecule has 5 heteroatoms. The van der Waals surface area contributed by atoms with Crippen LogP contribution in [0.25, 0.3) is 16.3 Å². The zero-order valence-electron chi connectivity index (χ0n) is 10.7. The molecule has 20 heavy (non-hydrogen) atoms. The number of amides is 1. The van der Waals surface area contributed by atoms with Crippen molar-refractivity contribution in [3.8, 4) is 0 Å². The highest BCUT2D eigenvalue weighted by Gasteiger charge is 2.27. The van der Waals surface area contributed by atoms with Crippen LogP contribution in [-0.4, -0.2) is 19.1 Å². The lowest BCUT2D eigenvalue weighted by Gasteiger charge is -2.18. The molecule has 0 spiro atoms. The average Bonchev–Trinajstić information content (AvgIpc) is 2.47. The summed E-state index contributed by atoms with van der Waals surface area (Å²) in [5.41, 5.74) is 1.31. The van der Waals surface area contributed by atoms with E-state index in [4.69, 9.17) is 4.74 Å². The van der Waals surface area contributed by atoms with Gasteiger partial charge in [-0.25, -0.2) is 4.39 Å². The average molecular weight is 270 g/mol. The van der Waals surface area contributed by atoms with Crippen molar-refractivity contribution >= 4 is 22.3 Å². The summed E-state index contributed by atoms with van der Waals surface area (Å²) < 4.78 is 19.0. The standard InChI is InChI=1S/C15H11FN2O2/c1-20-14-12(8-17-18-15(14)19)10-4-2-6-11-9(10)5-3-7-13(11)16/h2-8,14H,1H3. The molecule has 1 aliphatic heterocycles. The second-order valence-electron chi connectivity index (χ2n) is 4.39. The molecule has 0 fully saturated rings. The van der Waals surface area contributed by atoms with Gasteiger partial charge in [-0.05, 0) is 17.0 Å². The quantitative estimate of drug-likeness (QED) is 0.840. The zero-order chi connectivity index (χ0) is 14.1. The van der Waals surface area contributed by atoms with Crippen LogP contribution in [-0.2, 0) is 9.53 Å². The summed E-state index contributed by atoms with van der Waals surface area (Å²) >= 11 is 0. The van der Waals surface area contributed by atoms with E-state index in [1.165, 1.54) is 19.4 Å². The van der Waals surface area contributed by atoms with E-state index in [-0.39, 0.29) is 5.82 Å². The first-order valence-corrected chi connectivity index (χ1v) is 6.07. The van der Waals surface area contributed by atoms with E-state index < -0.39 is 12.0 Å². The Hall–Kier alpha value is -2.40. The number of nitrogens with zero attached hydrogens (tertiary/aromatic N) is 2. The summed E-state index contributed by atoms with van der Waals surface area (Å²) in [5.74, 6) is -0.763. The molecule has 2 aromatic rings. The summed E-state index contributed by atoms with van der Waals surface area (Å²) in [7, 11) is 1.43. The highest BCUT2D eigenvalue weighted by Crippen LogP contribution is 2.31. The van der Waals surface area contributed by atoms with Crippen molar-refractivity contribution in [2.24, 2.45) is 10.2 Å². The molecule has 2 aromatic carbocycles. The third kappa shape index (κ3) is 1.92. The number of benzene rings is 2. The number of carbonyl (C=O) groups excluding carboxylic acids is 1. The smallest absolute Gasteiger partial charge is 0.297 e. The molecule has 0 aliphatic carbocycles. The van der Waals surface area contributed by atoms with E-state index >= 15 is 0 Å². The Morgan fingerprint density at radius 2 is 1.90 bits per heavy atom. The molecule has 0 bridgehead atoms. The minimum absolute atomic E-state index is 0.303. The summed E-state index contributed by atoms with van der Waals surface area (Å²) in [4.78, 5) is 11.7. The maximum atomic E-state index is 13.8. The van der Waals surface area contributed by atoms with Crippen LogP contribution in [0.1, 0.15) is 5.56 Å². The first-order chi connectivity index (χ1) is 9.72. The van der Waals surface area contributed by atoms with Gasteiger partial charge in [0, 0.05) is 18.1 Å². The monoisotopic (exact) mass is 270 g/mol. The minimum atomic E-state index is -0.804. The van der Waals surface area contributed by atoms with Gasteiger partial charge in [-0.15, -0.1) is 5.11 Å². The molecule has 1 aliphatic rings. The maximum Gasteiger partial charge on any atom is 0.297 e. The van der Waals surface area contributed by atoms with Crippen LogP contribution in [0.4, 0.5) is 4.39 Å². The van der Waals surface area contributed by atoms with Crippen molar-refractivity contribution in [1.29, 1.82) is 0 Å². The van der Waals surface area contributed by atoms with Crippen LogP contribution in [0.15, 0.2) is 52.8 Å². The number of halogens is 1. The van der Waals surface area contributed by atoms with Crippen molar-refractivity contribution in [3.05, 3.63) is 54.0 Å². The molecule has 0 aromatic heterocycles. The van der Waals surface area contributed by atoms with Crippen molar-refractivity contribution in [3.63, 3.8) is 0 Å². The van der Waals surface area contributed by atoms with Crippen molar-refractivity contribution in [2.75, 3.05) is 7.11 Å². The Bertz CT molecular complexity index is 753. The Balaban J connectivity index is 2.25. The molecular formula is C15H11FN2O2. The predicted molar refractivity (Wildman–Crippen MR) is 72.5 cm³/mol. The molecule has 1 atom stereocenters. The number of fused-ring (bicyclic) bond motifs is 1. The molecule has 1 unspecified atom stereocenters. The van der Waals surface area contributed by atoms with Gasteiger partial charge in [0.15, 0.2) is 6.10 Å². The summed E-state index contributed by atoms with van der Waals surface area (Å²) in [6.45, 7) is 0. The van der Waals surface area contributed by atoms with E-state index in [0.717, 1.165) is 5.56 Å². The lowest BCUT2D eigenvalue weighted by Crippen LogP contribution is -2.24. The van der Waals surface area contributed by atoms with Crippen LogP contribution >= 0.6 is 0 Å². The fourth-order valence-corrected chi connectivity index (χ4v) is 2.36. The molecule has 4 nitrogen and oxygen atoms in total. The maximum absolute atomic E-state index is 13.8.